The summed E-state index contributed by atoms with van der Waals surface area (Å²) in [7, 11) is 1.94. The third-order valence-electron chi connectivity index (χ3n) is 3.91. The summed E-state index contributed by atoms with van der Waals surface area (Å²) in [5, 5.41) is 1.16. The molecule has 2 aromatic rings. The van der Waals surface area contributed by atoms with Crippen molar-refractivity contribution >= 4 is 22.9 Å². The van der Waals surface area contributed by atoms with Gasteiger partial charge in [0.2, 0.25) is 0 Å². The van der Waals surface area contributed by atoms with Crippen LogP contribution in [0.25, 0.3) is 10.9 Å². The van der Waals surface area contributed by atoms with Gasteiger partial charge in [0.25, 0.3) is 0 Å². The zero-order valence-corrected chi connectivity index (χ0v) is 10.7. The van der Waals surface area contributed by atoms with Crippen LogP contribution in [-0.2, 0) is 7.05 Å². The van der Waals surface area contributed by atoms with Gasteiger partial charge in [-0.05, 0) is 43.5 Å². The number of carbonyl (C=O) groups is 1. The fraction of sp³-hybridized carbons (Fsp3) is 0.400. The Labute approximate surface area is 107 Å². The maximum Gasteiger partial charge on any atom is 0.166 e. The predicted octanol–water partition coefficient (Wildman–Crippen LogP) is 2.98. The van der Waals surface area contributed by atoms with E-state index in [1.807, 2.05) is 17.7 Å². The monoisotopic (exact) mass is 242 g/mol. The first-order valence-electron chi connectivity index (χ1n) is 6.59. The molecule has 18 heavy (non-hydrogen) atoms. The minimum atomic E-state index is 0.737. The Morgan fingerprint density at radius 3 is 2.61 bits per heavy atom. The highest BCUT2D eigenvalue weighted by molar-refractivity contribution is 5.90. The SMILES string of the molecule is Cn1c(C=O)cc2cc(N3CCCCC3)ccc21. The summed E-state index contributed by atoms with van der Waals surface area (Å²) >= 11 is 0. The van der Waals surface area contributed by atoms with Gasteiger partial charge >= 0.3 is 0 Å². The Hall–Kier alpha value is -1.77. The van der Waals surface area contributed by atoms with Crippen LogP contribution in [-0.4, -0.2) is 23.9 Å². The van der Waals surface area contributed by atoms with Crippen molar-refractivity contribution in [3.63, 3.8) is 0 Å². The van der Waals surface area contributed by atoms with E-state index in [0.29, 0.717) is 0 Å². The van der Waals surface area contributed by atoms with Crippen molar-refractivity contribution in [3.05, 3.63) is 30.0 Å². The number of aromatic nitrogens is 1. The smallest absolute Gasteiger partial charge is 0.166 e. The van der Waals surface area contributed by atoms with E-state index < -0.39 is 0 Å². The molecule has 2 heterocycles. The van der Waals surface area contributed by atoms with E-state index in [-0.39, 0.29) is 0 Å². The van der Waals surface area contributed by atoms with Gasteiger partial charge in [-0.2, -0.15) is 0 Å². The molecular formula is C15H18N2O. The number of hydrogen-bond acceptors (Lipinski definition) is 2. The molecule has 3 rings (SSSR count). The van der Waals surface area contributed by atoms with E-state index in [1.54, 1.807) is 0 Å². The fourth-order valence-electron chi connectivity index (χ4n) is 2.82. The van der Waals surface area contributed by atoms with Crippen LogP contribution in [0.5, 0.6) is 0 Å². The Kier molecular flexibility index (Phi) is 2.82. The van der Waals surface area contributed by atoms with Gasteiger partial charge in [0, 0.05) is 36.7 Å². The van der Waals surface area contributed by atoms with Gasteiger partial charge in [0.05, 0.1) is 5.69 Å². The first kappa shape index (κ1) is 11.3. The topological polar surface area (TPSA) is 25.2 Å². The third kappa shape index (κ3) is 1.80. The lowest BCUT2D eigenvalue weighted by Crippen LogP contribution is -2.29. The molecule has 0 spiro atoms. The van der Waals surface area contributed by atoms with E-state index in [9.17, 15) is 4.79 Å². The van der Waals surface area contributed by atoms with E-state index in [2.05, 4.69) is 23.1 Å². The molecule has 0 saturated carbocycles. The van der Waals surface area contributed by atoms with Crippen molar-refractivity contribution in [1.82, 2.24) is 4.57 Å². The maximum atomic E-state index is 11.0. The molecule has 1 fully saturated rings. The highest BCUT2D eigenvalue weighted by Crippen LogP contribution is 2.26. The molecule has 1 saturated heterocycles. The van der Waals surface area contributed by atoms with Crippen LogP contribution >= 0.6 is 0 Å². The van der Waals surface area contributed by atoms with Crippen LogP contribution in [0, 0.1) is 0 Å². The Balaban J connectivity index is 2.02. The van der Waals surface area contributed by atoms with Crippen molar-refractivity contribution < 1.29 is 4.79 Å². The minimum absolute atomic E-state index is 0.737. The number of aldehydes is 1. The Bertz CT molecular complexity index is 579. The molecule has 3 nitrogen and oxygen atoms in total. The largest absolute Gasteiger partial charge is 0.372 e. The summed E-state index contributed by atoms with van der Waals surface area (Å²) in [6, 6.07) is 8.46. The second-order valence-electron chi connectivity index (χ2n) is 5.04. The van der Waals surface area contributed by atoms with Gasteiger partial charge in [-0.15, -0.1) is 0 Å². The summed E-state index contributed by atoms with van der Waals surface area (Å²) in [5.41, 5.74) is 3.14. The zero-order valence-electron chi connectivity index (χ0n) is 10.7. The summed E-state index contributed by atoms with van der Waals surface area (Å²) in [5.74, 6) is 0. The van der Waals surface area contributed by atoms with Gasteiger partial charge in [-0.1, -0.05) is 0 Å². The number of aryl methyl sites for hydroxylation is 1. The molecule has 1 aromatic carbocycles. The Morgan fingerprint density at radius 1 is 1.11 bits per heavy atom. The summed E-state index contributed by atoms with van der Waals surface area (Å²) in [6.07, 6.45) is 4.83. The lowest BCUT2D eigenvalue weighted by molar-refractivity contribution is 0.111. The lowest BCUT2D eigenvalue weighted by Gasteiger charge is -2.28. The van der Waals surface area contributed by atoms with Crippen molar-refractivity contribution in [1.29, 1.82) is 0 Å². The number of carbonyl (C=O) groups excluding carboxylic acids is 1. The number of hydrogen-bond donors (Lipinski definition) is 0. The van der Waals surface area contributed by atoms with Crippen LogP contribution in [0.2, 0.25) is 0 Å². The molecule has 0 aliphatic carbocycles. The maximum absolute atomic E-state index is 11.0. The molecule has 1 aliphatic heterocycles. The van der Waals surface area contributed by atoms with E-state index in [1.165, 1.54) is 24.9 Å². The molecule has 0 radical (unpaired) electrons. The zero-order chi connectivity index (χ0) is 12.5. The van der Waals surface area contributed by atoms with Crippen LogP contribution in [0.3, 0.4) is 0 Å². The van der Waals surface area contributed by atoms with Crippen molar-refractivity contribution in [2.45, 2.75) is 19.3 Å². The Morgan fingerprint density at radius 2 is 1.89 bits per heavy atom. The average molecular weight is 242 g/mol. The van der Waals surface area contributed by atoms with Gasteiger partial charge < -0.3 is 9.47 Å². The number of anilines is 1. The minimum Gasteiger partial charge on any atom is -0.372 e. The molecule has 94 valence electrons. The van der Waals surface area contributed by atoms with Gasteiger partial charge in [0.1, 0.15) is 0 Å². The van der Waals surface area contributed by atoms with Crippen molar-refractivity contribution in [2.75, 3.05) is 18.0 Å². The number of fused-ring (bicyclic) bond motifs is 1. The van der Waals surface area contributed by atoms with Gasteiger partial charge in [0.15, 0.2) is 6.29 Å². The van der Waals surface area contributed by atoms with Gasteiger partial charge in [-0.3, -0.25) is 4.79 Å². The second kappa shape index (κ2) is 4.48. The number of piperidine rings is 1. The summed E-state index contributed by atoms with van der Waals surface area (Å²) in [6.45, 7) is 2.30. The highest BCUT2D eigenvalue weighted by atomic mass is 16.1. The van der Waals surface area contributed by atoms with E-state index >= 15 is 0 Å². The predicted molar refractivity (Wildman–Crippen MR) is 74.4 cm³/mol. The van der Waals surface area contributed by atoms with Crippen LogP contribution in [0.4, 0.5) is 5.69 Å². The molecule has 0 amide bonds. The standard InChI is InChI=1S/C15H18N2O/c1-16-14(11-18)10-12-9-13(5-6-15(12)16)17-7-3-2-4-8-17/h5-6,9-11H,2-4,7-8H2,1H3. The molecule has 0 bridgehead atoms. The van der Waals surface area contributed by atoms with E-state index in [0.717, 1.165) is 36.0 Å². The highest BCUT2D eigenvalue weighted by Gasteiger charge is 2.12. The summed E-state index contributed by atoms with van der Waals surface area (Å²) in [4.78, 5) is 13.4. The number of benzene rings is 1. The molecular weight excluding hydrogens is 224 g/mol. The molecule has 1 aromatic heterocycles. The second-order valence-corrected chi connectivity index (χ2v) is 5.04. The lowest BCUT2D eigenvalue weighted by atomic mass is 10.1. The average Bonchev–Trinajstić information content (AvgIpc) is 2.76. The van der Waals surface area contributed by atoms with Crippen LogP contribution < -0.4 is 4.90 Å². The first-order valence-corrected chi connectivity index (χ1v) is 6.59. The van der Waals surface area contributed by atoms with Gasteiger partial charge in [-0.25, -0.2) is 0 Å². The van der Waals surface area contributed by atoms with Crippen molar-refractivity contribution in [2.24, 2.45) is 7.05 Å². The fourth-order valence-corrected chi connectivity index (χ4v) is 2.82. The number of nitrogens with zero attached hydrogens (tertiary/aromatic N) is 2. The summed E-state index contributed by atoms with van der Waals surface area (Å²) < 4.78 is 1.95. The molecule has 3 heteroatoms. The van der Waals surface area contributed by atoms with Crippen molar-refractivity contribution in [3.8, 4) is 0 Å². The molecule has 0 N–H and O–H groups in total. The normalized spacial score (nSPS) is 16.2. The number of rotatable bonds is 2. The molecule has 0 unspecified atom stereocenters. The van der Waals surface area contributed by atoms with E-state index in [4.69, 9.17) is 0 Å². The molecule has 1 aliphatic rings. The third-order valence-corrected chi connectivity index (χ3v) is 3.91. The van der Waals surface area contributed by atoms with Crippen LogP contribution in [0.1, 0.15) is 29.8 Å². The quantitative estimate of drug-likeness (QED) is 0.756. The molecule has 0 atom stereocenters. The first-order chi connectivity index (χ1) is 8.79. The van der Waals surface area contributed by atoms with Crippen LogP contribution in [0.15, 0.2) is 24.3 Å².